The first-order valence-corrected chi connectivity index (χ1v) is 7.59. The number of carbonyl (C=O) groups excluding carboxylic acids is 1. The fraction of sp³-hybridized carbons (Fsp3) is 0.562. The van der Waals surface area contributed by atoms with Gasteiger partial charge in [0.2, 0.25) is 5.91 Å². The molecule has 7 heteroatoms. The highest BCUT2D eigenvalue weighted by molar-refractivity contribution is 5.85. The summed E-state index contributed by atoms with van der Waals surface area (Å²) < 4.78 is 13.0. The summed E-state index contributed by atoms with van der Waals surface area (Å²) >= 11 is 0. The van der Waals surface area contributed by atoms with E-state index in [9.17, 15) is 9.18 Å². The Balaban J connectivity index is 0.00000132. The molecule has 2 fully saturated rings. The number of hydrogen-bond donors (Lipinski definition) is 1. The van der Waals surface area contributed by atoms with E-state index in [2.05, 4.69) is 17.1 Å². The number of benzene rings is 1. The molecule has 1 aromatic carbocycles. The number of hydrogen-bond acceptors (Lipinski definition) is 3. The molecule has 1 N–H and O–H groups in total. The zero-order valence-corrected chi connectivity index (χ0v) is 14.9. The number of halogens is 3. The van der Waals surface area contributed by atoms with Gasteiger partial charge in [0.05, 0.1) is 5.41 Å². The van der Waals surface area contributed by atoms with Crippen LogP contribution in [0.4, 0.5) is 10.1 Å². The van der Waals surface area contributed by atoms with Crippen LogP contribution < -0.4 is 10.2 Å². The molecule has 0 radical (unpaired) electrons. The number of amides is 1. The molecule has 2 aliphatic rings. The number of nitrogens with one attached hydrogen (secondary N) is 1. The van der Waals surface area contributed by atoms with E-state index >= 15 is 0 Å². The van der Waals surface area contributed by atoms with E-state index < -0.39 is 0 Å². The molecule has 2 saturated heterocycles. The van der Waals surface area contributed by atoms with Gasteiger partial charge in [0.25, 0.3) is 0 Å². The van der Waals surface area contributed by atoms with Gasteiger partial charge in [0.15, 0.2) is 0 Å². The maximum Gasteiger partial charge on any atom is 0.229 e. The van der Waals surface area contributed by atoms with Crippen LogP contribution in [0.5, 0.6) is 0 Å². The molecule has 1 amide bonds. The molecule has 1 unspecified atom stereocenters. The van der Waals surface area contributed by atoms with Crippen LogP contribution in [0, 0.1) is 11.2 Å². The standard InChI is InChI=1S/C16H22FN3O.2ClH/c1-16(6-7-18-12-16)15(21)20-10-8-19(9-11-20)14-4-2-13(17)3-5-14;;/h2-5,18H,6-12H2,1H3;2*1H. The molecule has 23 heavy (non-hydrogen) atoms. The van der Waals surface area contributed by atoms with Crippen molar-refractivity contribution in [2.24, 2.45) is 5.41 Å². The summed E-state index contributed by atoms with van der Waals surface area (Å²) in [4.78, 5) is 16.8. The highest BCUT2D eigenvalue weighted by atomic mass is 35.5. The second-order valence-electron chi connectivity index (χ2n) is 6.24. The Morgan fingerprint density at radius 1 is 1.13 bits per heavy atom. The van der Waals surface area contributed by atoms with Gasteiger partial charge in [0, 0.05) is 38.4 Å². The third kappa shape index (κ3) is 4.28. The lowest BCUT2D eigenvalue weighted by molar-refractivity contribution is -0.140. The molecule has 0 aliphatic carbocycles. The average Bonchev–Trinajstić information content (AvgIpc) is 2.96. The van der Waals surface area contributed by atoms with Crippen LogP contribution in [0.25, 0.3) is 0 Å². The highest BCUT2D eigenvalue weighted by Crippen LogP contribution is 2.28. The van der Waals surface area contributed by atoms with Crippen molar-refractivity contribution < 1.29 is 9.18 Å². The van der Waals surface area contributed by atoms with Crippen molar-refractivity contribution in [1.82, 2.24) is 10.2 Å². The lowest BCUT2D eigenvalue weighted by Gasteiger charge is -2.39. The van der Waals surface area contributed by atoms with Crippen LogP contribution >= 0.6 is 24.8 Å². The Morgan fingerprint density at radius 2 is 1.74 bits per heavy atom. The second-order valence-corrected chi connectivity index (χ2v) is 6.24. The summed E-state index contributed by atoms with van der Waals surface area (Å²) in [5.41, 5.74) is 0.787. The van der Waals surface area contributed by atoms with Crippen LogP contribution in [0.15, 0.2) is 24.3 Å². The molecule has 0 saturated carbocycles. The Hall–Kier alpha value is -1.04. The van der Waals surface area contributed by atoms with Crippen molar-refractivity contribution in [2.45, 2.75) is 13.3 Å². The topological polar surface area (TPSA) is 35.6 Å². The van der Waals surface area contributed by atoms with Crippen LogP contribution in [0.3, 0.4) is 0 Å². The fourth-order valence-corrected chi connectivity index (χ4v) is 3.20. The number of nitrogens with zero attached hydrogens (tertiary/aromatic N) is 2. The molecule has 0 spiro atoms. The summed E-state index contributed by atoms with van der Waals surface area (Å²) in [6.07, 6.45) is 0.921. The van der Waals surface area contributed by atoms with Crippen molar-refractivity contribution >= 4 is 36.4 Å². The maximum atomic E-state index is 13.0. The van der Waals surface area contributed by atoms with Crippen molar-refractivity contribution in [3.63, 3.8) is 0 Å². The number of piperazine rings is 1. The predicted octanol–water partition coefficient (Wildman–Crippen LogP) is 2.32. The van der Waals surface area contributed by atoms with Crippen LogP contribution in [0.1, 0.15) is 13.3 Å². The number of carbonyl (C=O) groups is 1. The number of rotatable bonds is 2. The van der Waals surface area contributed by atoms with Crippen molar-refractivity contribution in [3.8, 4) is 0 Å². The molecule has 1 atom stereocenters. The smallest absolute Gasteiger partial charge is 0.229 e. The van der Waals surface area contributed by atoms with E-state index in [1.54, 1.807) is 12.1 Å². The zero-order valence-electron chi connectivity index (χ0n) is 13.3. The first-order valence-electron chi connectivity index (χ1n) is 7.59. The lowest BCUT2D eigenvalue weighted by atomic mass is 9.88. The Bertz CT molecular complexity index is 513. The maximum absolute atomic E-state index is 13.0. The minimum atomic E-state index is -0.238. The van der Waals surface area contributed by atoms with Crippen LogP contribution in [0.2, 0.25) is 0 Å². The van der Waals surface area contributed by atoms with Gasteiger partial charge in [-0.25, -0.2) is 4.39 Å². The van der Waals surface area contributed by atoms with Crippen LogP contribution in [-0.4, -0.2) is 50.1 Å². The Morgan fingerprint density at radius 3 is 2.26 bits per heavy atom. The summed E-state index contributed by atoms with van der Waals surface area (Å²) in [6, 6.07) is 6.57. The first kappa shape index (κ1) is 20.0. The molecule has 4 nitrogen and oxygen atoms in total. The molecule has 2 heterocycles. The highest BCUT2D eigenvalue weighted by Gasteiger charge is 2.39. The summed E-state index contributed by atoms with van der Waals surface area (Å²) in [5, 5.41) is 3.28. The van der Waals surface area contributed by atoms with Gasteiger partial charge in [-0.3, -0.25) is 4.79 Å². The molecule has 1 aromatic rings. The Kier molecular flexibility index (Phi) is 7.11. The SMILES string of the molecule is CC1(C(=O)N2CCN(c3ccc(F)cc3)CC2)CCNC1.Cl.Cl. The quantitative estimate of drug-likeness (QED) is 0.875. The molecular weight excluding hydrogens is 340 g/mol. The predicted molar refractivity (Wildman–Crippen MR) is 95.3 cm³/mol. The van der Waals surface area contributed by atoms with Gasteiger partial charge in [-0.2, -0.15) is 0 Å². The average molecular weight is 364 g/mol. The molecule has 0 bridgehead atoms. The molecular formula is C16H24Cl2FN3O. The molecule has 3 rings (SSSR count). The van der Waals surface area contributed by atoms with E-state index in [-0.39, 0.29) is 42.0 Å². The monoisotopic (exact) mass is 363 g/mol. The third-order valence-electron chi connectivity index (χ3n) is 4.64. The minimum absolute atomic E-state index is 0. The zero-order chi connectivity index (χ0) is 14.9. The largest absolute Gasteiger partial charge is 0.368 e. The summed E-state index contributed by atoms with van der Waals surface area (Å²) in [6.45, 7) is 6.86. The first-order chi connectivity index (χ1) is 10.1. The summed E-state index contributed by atoms with van der Waals surface area (Å²) in [5.74, 6) is 0.0560. The van der Waals surface area contributed by atoms with Gasteiger partial charge in [-0.15, -0.1) is 24.8 Å². The molecule has 130 valence electrons. The van der Waals surface area contributed by atoms with Gasteiger partial charge < -0.3 is 15.1 Å². The van der Waals surface area contributed by atoms with E-state index in [1.165, 1.54) is 12.1 Å². The van der Waals surface area contributed by atoms with Gasteiger partial charge in [-0.1, -0.05) is 0 Å². The van der Waals surface area contributed by atoms with Crippen molar-refractivity contribution in [1.29, 1.82) is 0 Å². The third-order valence-corrected chi connectivity index (χ3v) is 4.64. The van der Waals surface area contributed by atoms with E-state index in [0.717, 1.165) is 51.4 Å². The van der Waals surface area contributed by atoms with Crippen LogP contribution in [-0.2, 0) is 4.79 Å². The minimum Gasteiger partial charge on any atom is -0.368 e. The second kappa shape index (κ2) is 8.18. The summed E-state index contributed by atoms with van der Waals surface area (Å²) in [7, 11) is 0. The van der Waals surface area contributed by atoms with E-state index in [0.29, 0.717) is 0 Å². The van der Waals surface area contributed by atoms with E-state index in [4.69, 9.17) is 0 Å². The fourth-order valence-electron chi connectivity index (χ4n) is 3.20. The van der Waals surface area contributed by atoms with Gasteiger partial charge in [0.1, 0.15) is 5.82 Å². The van der Waals surface area contributed by atoms with Gasteiger partial charge in [-0.05, 0) is 44.2 Å². The van der Waals surface area contributed by atoms with Crippen molar-refractivity contribution in [2.75, 3.05) is 44.2 Å². The Labute approximate surface area is 149 Å². The molecule has 0 aromatic heterocycles. The van der Waals surface area contributed by atoms with Gasteiger partial charge >= 0.3 is 0 Å². The molecule has 2 aliphatic heterocycles. The van der Waals surface area contributed by atoms with E-state index in [1.807, 2.05) is 4.90 Å². The number of anilines is 1. The normalized spacial score (nSPS) is 23.9. The van der Waals surface area contributed by atoms with Crippen molar-refractivity contribution in [3.05, 3.63) is 30.1 Å². The lowest BCUT2D eigenvalue weighted by Crippen LogP contribution is -2.53.